The maximum absolute atomic E-state index is 5.92. The van der Waals surface area contributed by atoms with Crippen LogP contribution in [0.15, 0.2) is 24.3 Å². The molecule has 1 aromatic rings. The molecule has 1 aromatic carbocycles. The van der Waals surface area contributed by atoms with Crippen LogP contribution in [0.2, 0.25) is 0 Å². The van der Waals surface area contributed by atoms with Crippen LogP contribution >= 0.6 is 0 Å². The van der Waals surface area contributed by atoms with E-state index in [-0.39, 0.29) is 18.2 Å². The van der Waals surface area contributed by atoms with Gasteiger partial charge in [0.25, 0.3) is 0 Å². The second-order valence-electron chi connectivity index (χ2n) is 5.05. The molecule has 0 aliphatic carbocycles. The van der Waals surface area contributed by atoms with Gasteiger partial charge in [-0.1, -0.05) is 12.1 Å². The molecule has 3 heteroatoms. The number of nitrogens with two attached hydrogens (primary N) is 1. The van der Waals surface area contributed by atoms with E-state index in [0.717, 1.165) is 13.1 Å². The lowest BCUT2D eigenvalue weighted by Crippen LogP contribution is -2.45. The summed E-state index contributed by atoms with van der Waals surface area (Å²) in [6, 6.07) is 8.60. The summed E-state index contributed by atoms with van der Waals surface area (Å²) in [5.41, 5.74) is 8.36. The Hall–Kier alpha value is -1.06. The van der Waals surface area contributed by atoms with E-state index in [1.54, 1.807) is 0 Å². The van der Waals surface area contributed by atoms with Crippen molar-refractivity contribution in [3.05, 3.63) is 29.8 Å². The average Bonchev–Trinajstić information content (AvgIpc) is 2.28. The molecule has 1 saturated heterocycles. The van der Waals surface area contributed by atoms with Crippen LogP contribution in [0.25, 0.3) is 0 Å². The summed E-state index contributed by atoms with van der Waals surface area (Å²) in [6.45, 7) is 8.17. The van der Waals surface area contributed by atoms with Gasteiger partial charge in [-0.25, -0.2) is 0 Å². The van der Waals surface area contributed by atoms with E-state index in [1.165, 1.54) is 11.3 Å². The number of hydrogen-bond donors (Lipinski definition) is 1. The van der Waals surface area contributed by atoms with Crippen LogP contribution in [0, 0.1) is 0 Å². The second-order valence-corrected chi connectivity index (χ2v) is 5.05. The lowest BCUT2D eigenvalue weighted by molar-refractivity contribution is -0.00522. The highest BCUT2D eigenvalue weighted by atomic mass is 16.5. The zero-order valence-corrected chi connectivity index (χ0v) is 10.9. The first-order valence-corrected chi connectivity index (χ1v) is 6.32. The van der Waals surface area contributed by atoms with Crippen molar-refractivity contribution in [2.24, 2.45) is 5.73 Å². The van der Waals surface area contributed by atoms with E-state index in [4.69, 9.17) is 10.5 Å². The first-order chi connectivity index (χ1) is 8.06. The van der Waals surface area contributed by atoms with Gasteiger partial charge in [0.2, 0.25) is 0 Å². The SMILES string of the molecule is CC1CN(c2cccc([C@H](C)N)c2)CC(C)O1. The molecule has 94 valence electrons. The Morgan fingerprint density at radius 2 is 1.94 bits per heavy atom. The average molecular weight is 234 g/mol. The van der Waals surface area contributed by atoms with Crippen molar-refractivity contribution in [3.63, 3.8) is 0 Å². The molecule has 1 heterocycles. The molecule has 17 heavy (non-hydrogen) atoms. The molecular formula is C14H22N2O. The van der Waals surface area contributed by atoms with Crippen molar-refractivity contribution in [2.45, 2.75) is 39.0 Å². The van der Waals surface area contributed by atoms with Gasteiger partial charge < -0.3 is 15.4 Å². The highest BCUT2D eigenvalue weighted by molar-refractivity contribution is 5.49. The topological polar surface area (TPSA) is 38.5 Å². The number of anilines is 1. The van der Waals surface area contributed by atoms with Crippen molar-refractivity contribution >= 4 is 5.69 Å². The summed E-state index contributed by atoms with van der Waals surface area (Å²) < 4.78 is 5.75. The van der Waals surface area contributed by atoms with E-state index in [1.807, 2.05) is 6.92 Å². The molecule has 1 aliphatic rings. The fourth-order valence-electron chi connectivity index (χ4n) is 2.39. The Kier molecular flexibility index (Phi) is 3.69. The van der Waals surface area contributed by atoms with Crippen molar-refractivity contribution in [2.75, 3.05) is 18.0 Å². The molecule has 0 aromatic heterocycles. The molecule has 2 unspecified atom stereocenters. The number of benzene rings is 1. The highest BCUT2D eigenvalue weighted by Crippen LogP contribution is 2.23. The minimum Gasteiger partial charge on any atom is -0.372 e. The van der Waals surface area contributed by atoms with Crippen LogP contribution in [0.1, 0.15) is 32.4 Å². The van der Waals surface area contributed by atoms with Crippen LogP contribution in [0.3, 0.4) is 0 Å². The zero-order chi connectivity index (χ0) is 12.4. The van der Waals surface area contributed by atoms with Gasteiger partial charge in [0, 0.05) is 24.8 Å². The molecule has 0 amide bonds. The Morgan fingerprint density at radius 3 is 2.53 bits per heavy atom. The van der Waals surface area contributed by atoms with Gasteiger partial charge in [-0.05, 0) is 38.5 Å². The molecule has 0 radical (unpaired) electrons. The standard InChI is InChI=1S/C14H22N2O/c1-10-8-16(9-11(2)17-10)14-6-4-5-13(7-14)12(3)15/h4-7,10-12H,8-9,15H2,1-3H3/t10?,11?,12-/m0/s1. The molecule has 2 N–H and O–H groups in total. The van der Waals surface area contributed by atoms with E-state index in [9.17, 15) is 0 Å². The maximum atomic E-state index is 5.92. The number of hydrogen-bond acceptors (Lipinski definition) is 3. The first kappa shape index (κ1) is 12.4. The molecule has 3 atom stereocenters. The summed E-state index contributed by atoms with van der Waals surface area (Å²) in [7, 11) is 0. The van der Waals surface area contributed by atoms with Crippen LogP contribution in [-0.4, -0.2) is 25.3 Å². The molecule has 1 aliphatic heterocycles. The first-order valence-electron chi connectivity index (χ1n) is 6.32. The quantitative estimate of drug-likeness (QED) is 0.853. The third kappa shape index (κ3) is 2.99. The van der Waals surface area contributed by atoms with Crippen molar-refractivity contribution < 1.29 is 4.74 Å². The molecular weight excluding hydrogens is 212 g/mol. The molecule has 3 nitrogen and oxygen atoms in total. The summed E-state index contributed by atoms with van der Waals surface area (Å²) in [4.78, 5) is 2.38. The Morgan fingerprint density at radius 1 is 1.29 bits per heavy atom. The Bertz CT molecular complexity index is 368. The number of rotatable bonds is 2. The second kappa shape index (κ2) is 5.07. The van der Waals surface area contributed by atoms with E-state index in [2.05, 4.69) is 43.0 Å². The van der Waals surface area contributed by atoms with Crippen molar-refractivity contribution in [3.8, 4) is 0 Å². The molecule has 1 fully saturated rings. The smallest absolute Gasteiger partial charge is 0.0726 e. The molecule has 0 saturated carbocycles. The zero-order valence-electron chi connectivity index (χ0n) is 10.9. The predicted molar refractivity (Wildman–Crippen MR) is 71.3 cm³/mol. The van der Waals surface area contributed by atoms with Crippen LogP contribution in [0.4, 0.5) is 5.69 Å². The summed E-state index contributed by atoms with van der Waals surface area (Å²) in [5.74, 6) is 0. The van der Waals surface area contributed by atoms with Gasteiger partial charge in [0.05, 0.1) is 12.2 Å². The van der Waals surface area contributed by atoms with E-state index >= 15 is 0 Å². The number of nitrogens with zero attached hydrogens (tertiary/aromatic N) is 1. The molecule has 0 bridgehead atoms. The third-order valence-corrected chi connectivity index (χ3v) is 3.18. The highest BCUT2D eigenvalue weighted by Gasteiger charge is 2.22. The number of ether oxygens (including phenoxy) is 1. The van der Waals surface area contributed by atoms with Gasteiger partial charge >= 0.3 is 0 Å². The van der Waals surface area contributed by atoms with Crippen molar-refractivity contribution in [1.82, 2.24) is 0 Å². The normalized spacial score (nSPS) is 26.9. The van der Waals surface area contributed by atoms with Crippen LogP contribution < -0.4 is 10.6 Å². The van der Waals surface area contributed by atoms with Crippen LogP contribution in [-0.2, 0) is 4.74 Å². The maximum Gasteiger partial charge on any atom is 0.0726 e. The number of morpholine rings is 1. The van der Waals surface area contributed by atoms with Gasteiger partial charge in [0.15, 0.2) is 0 Å². The minimum absolute atomic E-state index is 0.0887. The van der Waals surface area contributed by atoms with Gasteiger partial charge in [-0.15, -0.1) is 0 Å². The van der Waals surface area contributed by atoms with Gasteiger partial charge in [-0.2, -0.15) is 0 Å². The van der Waals surface area contributed by atoms with Crippen molar-refractivity contribution in [1.29, 1.82) is 0 Å². The Labute approximate surface area is 104 Å². The van der Waals surface area contributed by atoms with Crippen LogP contribution in [0.5, 0.6) is 0 Å². The fourth-order valence-corrected chi connectivity index (χ4v) is 2.39. The third-order valence-electron chi connectivity index (χ3n) is 3.18. The fraction of sp³-hybridized carbons (Fsp3) is 0.571. The Balaban J connectivity index is 2.18. The van der Waals surface area contributed by atoms with E-state index < -0.39 is 0 Å². The van der Waals surface area contributed by atoms with Gasteiger partial charge in [-0.3, -0.25) is 0 Å². The summed E-state index contributed by atoms with van der Waals surface area (Å²) in [5, 5.41) is 0. The minimum atomic E-state index is 0.0887. The monoisotopic (exact) mass is 234 g/mol. The molecule has 2 rings (SSSR count). The lowest BCUT2D eigenvalue weighted by Gasteiger charge is -2.37. The summed E-state index contributed by atoms with van der Waals surface area (Å²) >= 11 is 0. The van der Waals surface area contributed by atoms with Gasteiger partial charge in [0.1, 0.15) is 0 Å². The molecule has 0 spiro atoms. The summed E-state index contributed by atoms with van der Waals surface area (Å²) in [6.07, 6.45) is 0.579. The largest absolute Gasteiger partial charge is 0.372 e. The lowest BCUT2D eigenvalue weighted by atomic mass is 10.1. The van der Waals surface area contributed by atoms with E-state index in [0.29, 0.717) is 0 Å². The predicted octanol–water partition coefficient (Wildman–Crippen LogP) is 2.32.